The van der Waals surface area contributed by atoms with Crippen molar-refractivity contribution in [2.24, 2.45) is 0 Å². The molecule has 0 saturated heterocycles. The number of carbonyl (C=O) groups excluding carboxylic acids is 2. The summed E-state index contributed by atoms with van der Waals surface area (Å²) < 4.78 is 0. The van der Waals surface area contributed by atoms with Gasteiger partial charge in [-0.05, 0) is 18.2 Å². The number of hydrogen-bond donors (Lipinski definition) is 3. The Hall–Kier alpha value is -2.28. The maximum absolute atomic E-state index is 11.8. The first kappa shape index (κ1) is 15.8. The van der Waals surface area contributed by atoms with E-state index in [0.29, 0.717) is 5.69 Å². The average molecular weight is 300 g/mol. The third-order valence-corrected chi connectivity index (χ3v) is 2.77. The predicted octanol–water partition coefficient (Wildman–Crippen LogP) is 1.25. The highest BCUT2D eigenvalue weighted by Gasteiger charge is 2.14. The Morgan fingerprint density at radius 1 is 1.35 bits per heavy atom. The van der Waals surface area contributed by atoms with Crippen LogP contribution in [-0.2, 0) is 4.79 Å². The van der Waals surface area contributed by atoms with Crippen molar-refractivity contribution in [1.82, 2.24) is 10.2 Å². The molecule has 0 spiro atoms. The van der Waals surface area contributed by atoms with Crippen molar-refractivity contribution < 1.29 is 19.5 Å². The molecule has 0 aliphatic heterocycles. The zero-order valence-electron chi connectivity index (χ0n) is 10.9. The van der Waals surface area contributed by atoms with Gasteiger partial charge in [-0.2, -0.15) is 0 Å². The fourth-order valence-corrected chi connectivity index (χ4v) is 1.61. The van der Waals surface area contributed by atoms with E-state index in [1.54, 1.807) is 0 Å². The molecule has 0 aliphatic carbocycles. The van der Waals surface area contributed by atoms with E-state index < -0.39 is 12.0 Å². The highest BCUT2D eigenvalue weighted by molar-refractivity contribution is 6.33. The summed E-state index contributed by atoms with van der Waals surface area (Å²) in [6, 6.07) is 3.53. The lowest BCUT2D eigenvalue weighted by molar-refractivity contribution is -0.120. The van der Waals surface area contributed by atoms with E-state index in [-0.39, 0.29) is 23.0 Å². The maximum Gasteiger partial charge on any atom is 0.337 e. The number of nitrogens with zero attached hydrogens (tertiary/aromatic N) is 1. The zero-order valence-corrected chi connectivity index (χ0v) is 11.7. The molecule has 7 nitrogen and oxygen atoms in total. The van der Waals surface area contributed by atoms with Crippen LogP contribution in [0, 0.1) is 0 Å². The minimum Gasteiger partial charge on any atom is -0.478 e. The van der Waals surface area contributed by atoms with Crippen LogP contribution in [0.5, 0.6) is 0 Å². The highest BCUT2D eigenvalue weighted by Crippen LogP contribution is 2.21. The van der Waals surface area contributed by atoms with E-state index in [1.165, 1.54) is 37.2 Å². The first-order chi connectivity index (χ1) is 9.35. The first-order valence-corrected chi connectivity index (χ1v) is 5.98. The Balaban J connectivity index is 2.73. The standard InChI is InChI=1S/C12H14ClN3O4/c1-14-10(17)6-16(2)12(20)15-7-3-4-8(11(18)19)9(13)5-7/h3-5H,6H2,1-2H3,(H,14,17)(H,15,20)(H,18,19). The summed E-state index contributed by atoms with van der Waals surface area (Å²) in [7, 11) is 2.93. The minimum absolute atomic E-state index is 0.0178. The number of benzene rings is 1. The van der Waals surface area contributed by atoms with Crippen molar-refractivity contribution in [2.45, 2.75) is 0 Å². The number of likely N-dealkylation sites (N-methyl/N-ethyl adjacent to an activating group) is 2. The van der Waals surface area contributed by atoms with Crippen LogP contribution < -0.4 is 10.6 Å². The zero-order chi connectivity index (χ0) is 15.3. The van der Waals surface area contributed by atoms with Gasteiger partial charge in [-0.3, -0.25) is 4.79 Å². The summed E-state index contributed by atoms with van der Waals surface area (Å²) in [5, 5.41) is 13.8. The molecule has 0 fully saturated rings. The Bertz CT molecular complexity index is 548. The fraction of sp³-hybridized carbons (Fsp3) is 0.250. The molecule has 0 bridgehead atoms. The van der Waals surface area contributed by atoms with E-state index in [4.69, 9.17) is 16.7 Å². The van der Waals surface area contributed by atoms with Gasteiger partial charge >= 0.3 is 12.0 Å². The topological polar surface area (TPSA) is 98.7 Å². The van der Waals surface area contributed by atoms with Crippen molar-refractivity contribution in [3.63, 3.8) is 0 Å². The van der Waals surface area contributed by atoms with Crippen LogP contribution in [0.4, 0.5) is 10.5 Å². The maximum atomic E-state index is 11.8. The van der Waals surface area contributed by atoms with Gasteiger partial charge in [0.25, 0.3) is 0 Å². The van der Waals surface area contributed by atoms with E-state index in [0.717, 1.165) is 0 Å². The van der Waals surface area contributed by atoms with Crippen molar-refractivity contribution in [2.75, 3.05) is 26.0 Å². The second-order valence-electron chi connectivity index (χ2n) is 3.96. The van der Waals surface area contributed by atoms with Gasteiger partial charge in [0.05, 0.1) is 10.6 Å². The second-order valence-corrected chi connectivity index (χ2v) is 4.37. The van der Waals surface area contributed by atoms with Gasteiger partial charge in [-0.1, -0.05) is 11.6 Å². The normalized spacial score (nSPS) is 9.75. The molecule has 0 aliphatic rings. The van der Waals surface area contributed by atoms with Crippen LogP contribution in [0.15, 0.2) is 18.2 Å². The van der Waals surface area contributed by atoms with Crippen LogP contribution in [0.25, 0.3) is 0 Å². The lowest BCUT2D eigenvalue weighted by Crippen LogP contribution is -2.39. The van der Waals surface area contributed by atoms with Gasteiger partial charge in [0.2, 0.25) is 5.91 Å². The molecule has 0 atom stereocenters. The van der Waals surface area contributed by atoms with Crippen LogP contribution >= 0.6 is 11.6 Å². The van der Waals surface area contributed by atoms with Crippen molar-refractivity contribution in [3.8, 4) is 0 Å². The van der Waals surface area contributed by atoms with Crippen molar-refractivity contribution in [1.29, 1.82) is 0 Å². The Kier molecular flexibility index (Phi) is 5.33. The van der Waals surface area contributed by atoms with E-state index in [2.05, 4.69) is 10.6 Å². The first-order valence-electron chi connectivity index (χ1n) is 5.60. The number of carboxylic acids is 1. The van der Waals surface area contributed by atoms with Gasteiger partial charge in [0.1, 0.15) is 6.54 Å². The second kappa shape index (κ2) is 6.76. The number of halogens is 1. The molecule has 20 heavy (non-hydrogen) atoms. The molecule has 0 saturated carbocycles. The molecular weight excluding hydrogens is 286 g/mol. The molecular formula is C12H14ClN3O4. The number of amides is 3. The van der Waals surface area contributed by atoms with Crippen molar-refractivity contribution >= 4 is 35.2 Å². The Morgan fingerprint density at radius 3 is 2.50 bits per heavy atom. The molecule has 3 N–H and O–H groups in total. The third-order valence-electron chi connectivity index (χ3n) is 2.46. The van der Waals surface area contributed by atoms with Crippen LogP contribution in [0.3, 0.4) is 0 Å². The number of hydrogen-bond acceptors (Lipinski definition) is 3. The number of aromatic carboxylic acids is 1. The highest BCUT2D eigenvalue weighted by atomic mass is 35.5. The number of nitrogens with one attached hydrogen (secondary N) is 2. The number of urea groups is 1. The molecule has 1 rings (SSSR count). The minimum atomic E-state index is -1.15. The molecule has 1 aromatic carbocycles. The number of carboxylic acid groups (broad SMARTS) is 1. The fourth-order valence-electron chi connectivity index (χ4n) is 1.35. The molecule has 1 aromatic rings. The third kappa shape index (κ3) is 4.13. The lowest BCUT2D eigenvalue weighted by atomic mass is 10.2. The van der Waals surface area contributed by atoms with E-state index in [1.807, 2.05) is 0 Å². The SMILES string of the molecule is CNC(=O)CN(C)C(=O)Nc1ccc(C(=O)O)c(Cl)c1. The summed E-state index contributed by atoms with van der Waals surface area (Å²) >= 11 is 5.78. The molecule has 3 amide bonds. The average Bonchev–Trinajstić information content (AvgIpc) is 2.37. The summed E-state index contributed by atoms with van der Waals surface area (Å²) in [6.07, 6.45) is 0. The van der Waals surface area contributed by atoms with Crippen LogP contribution in [-0.4, -0.2) is 48.6 Å². The van der Waals surface area contributed by atoms with Gasteiger partial charge in [-0.15, -0.1) is 0 Å². The summed E-state index contributed by atoms with van der Waals surface area (Å²) in [5.41, 5.74) is 0.289. The van der Waals surface area contributed by atoms with E-state index >= 15 is 0 Å². The van der Waals surface area contributed by atoms with Crippen LogP contribution in [0.1, 0.15) is 10.4 Å². The lowest BCUT2D eigenvalue weighted by Gasteiger charge is -2.17. The molecule has 0 radical (unpaired) electrons. The van der Waals surface area contributed by atoms with Crippen LogP contribution in [0.2, 0.25) is 5.02 Å². The quantitative estimate of drug-likeness (QED) is 0.779. The largest absolute Gasteiger partial charge is 0.478 e. The predicted molar refractivity (Wildman–Crippen MR) is 74.1 cm³/mol. The molecule has 108 valence electrons. The Morgan fingerprint density at radius 2 is 2.00 bits per heavy atom. The van der Waals surface area contributed by atoms with Gasteiger partial charge < -0.3 is 20.6 Å². The van der Waals surface area contributed by atoms with Crippen molar-refractivity contribution in [3.05, 3.63) is 28.8 Å². The molecule has 0 unspecified atom stereocenters. The number of anilines is 1. The monoisotopic (exact) mass is 299 g/mol. The van der Waals surface area contributed by atoms with Gasteiger partial charge in [0, 0.05) is 19.8 Å². The van der Waals surface area contributed by atoms with E-state index in [9.17, 15) is 14.4 Å². The summed E-state index contributed by atoms with van der Waals surface area (Å²) in [5.74, 6) is -1.45. The van der Waals surface area contributed by atoms with Gasteiger partial charge in [-0.25, -0.2) is 9.59 Å². The summed E-state index contributed by atoms with van der Waals surface area (Å²) in [4.78, 5) is 34.9. The number of rotatable bonds is 4. The molecule has 0 aromatic heterocycles. The smallest absolute Gasteiger partial charge is 0.337 e. The molecule has 8 heteroatoms. The van der Waals surface area contributed by atoms with Gasteiger partial charge in [0.15, 0.2) is 0 Å². The molecule has 0 heterocycles. The Labute approximate surface area is 120 Å². The number of carbonyl (C=O) groups is 3. The summed E-state index contributed by atoms with van der Waals surface area (Å²) in [6.45, 7) is -0.0940.